The zero-order chi connectivity index (χ0) is 19.2. The van der Waals surface area contributed by atoms with Crippen LogP contribution in [0.2, 0.25) is 5.02 Å². The first-order valence-corrected chi connectivity index (χ1v) is 10.5. The van der Waals surface area contributed by atoms with E-state index in [-0.39, 0.29) is 5.91 Å². The van der Waals surface area contributed by atoms with E-state index in [9.17, 15) is 13.2 Å². The lowest BCUT2D eigenvalue weighted by Crippen LogP contribution is -2.41. The van der Waals surface area contributed by atoms with E-state index >= 15 is 0 Å². The Hall–Kier alpha value is -1.89. The average molecular weight is 395 g/mol. The quantitative estimate of drug-likeness (QED) is 0.700. The Labute approximate surface area is 160 Å². The predicted molar refractivity (Wildman–Crippen MR) is 105 cm³/mol. The maximum atomic E-state index is 12.7. The molecule has 0 aromatic heterocycles. The molecular weight excluding hydrogens is 372 g/mol. The van der Waals surface area contributed by atoms with Gasteiger partial charge in [0.1, 0.15) is 6.04 Å². The highest BCUT2D eigenvalue weighted by atomic mass is 35.5. The number of amides is 1. The highest BCUT2D eigenvalue weighted by molar-refractivity contribution is 7.88. The lowest BCUT2D eigenvalue weighted by Gasteiger charge is -2.25. The third-order valence-electron chi connectivity index (χ3n) is 4.11. The van der Waals surface area contributed by atoms with Crippen molar-refractivity contribution in [2.24, 2.45) is 0 Å². The topological polar surface area (TPSA) is 66.5 Å². The van der Waals surface area contributed by atoms with E-state index in [2.05, 4.69) is 5.32 Å². The standard InChI is InChI=1S/C19H23ClN2O3S/c1-22(26(2,24)25)18(16-8-4-3-5-9-16)19(23)21-14-6-7-15-10-12-17(20)13-11-15/h3-5,8-13,18H,6-7,14H2,1-2H3,(H,21,23). The molecule has 0 saturated carbocycles. The largest absolute Gasteiger partial charge is 0.354 e. The van der Waals surface area contributed by atoms with Crippen LogP contribution in [-0.2, 0) is 21.2 Å². The lowest BCUT2D eigenvalue weighted by molar-refractivity contribution is -0.124. The second-order valence-corrected chi connectivity index (χ2v) is 8.59. The molecule has 0 saturated heterocycles. The number of carbonyl (C=O) groups is 1. The summed E-state index contributed by atoms with van der Waals surface area (Å²) in [6.45, 7) is 0.461. The summed E-state index contributed by atoms with van der Waals surface area (Å²) in [5.41, 5.74) is 1.77. The monoisotopic (exact) mass is 394 g/mol. The van der Waals surface area contributed by atoms with E-state index < -0.39 is 16.1 Å². The smallest absolute Gasteiger partial charge is 0.242 e. The number of halogens is 1. The molecule has 26 heavy (non-hydrogen) atoms. The molecule has 0 fully saturated rings. The molecule has 0 aliphatic carbocycles. The molecule has 0 radical (unpaired) electrons. The summed E-state index contributed by atoms with van der Waals surface area (Å²) in [5, 5.41) is 3.54. The number of nitrogens with one attached hydrogen (secondary N) is 1. The van der Waals surface area contributed by atoms with Crippen LogP contribution >= 0.6 is 11.6 Å². The minimum atomic E-state index is -3.51. The molecule has 0 aliphatic rings. The molecule has 2 rings (SSSR count). The number of hydrogen-bond acceptors (Lipinski definition) is 3. The molecule has 140 valence electrons. The van der Waals surface area contributed by atoms with Gasteiger partial charge in [-0.25, -0.2) is 8.42 Å². The van der Waals surface area contributed by atoms with Crippen LogP contribution in [-0.4, -0.2) is 38.5 Å². The van der Waals surface area contributed by atoms with Gasteiger partial charge in [0.25, 0.3) is 0 Å². The molecule has 5 nitrogen and oxygen atoms in total. The molecule has 7 heteroatoms. The average Bonchev–Trinajstić information content (AvgIpc) is 2.60. The first-order valence-electron chi connectivity index (χ1n) is 8.29. The van der Waals surface area contributed by atoms with Crippen LogP contribution in [0.1, 0.15) is 23.6 Å². The number of rotatable bonds is 8. The Morgan fingerprint density at radius 2 is 1.73 bits per heavy atom. The van der Waals surface area contributed by atoms with Gasteiger partial charge in [0, 0.05) is 18.6 Å². The molecule has 1 unspecified atom stereocenters. The normalized spacial score (nSPS) is 12.8. The van der Waals surface area contributed by atoms with Crippen LogP contribution in [0.3, 0.4) is 0 Å². The van der Waals surface area contributed by atoms with Crippen LogP contribution in [0.5, 0.6) is 0 Å². The minimum absolute atomic E-state index is 0.333. The Balaban J connectivity index is 1.99. The molecule has 0 aliphatic heterocycles. The van der Waals surface area contributed by atoms with Gasteiger partial charge >= 0.3 is 0 Å². The Morgan fingerprint density at radius 3 is 2.31 bits per heavy atom. The summed E-state index contributed by atoms with van der Waals surface area (Å²) in [7, 11) is -2.10. The summed E-state index contributed by atoms with van der Waals surface area (Å²) in [6.07, 6.45) is 2.64. The fourth-order valence-corrected chi connectivity index (χ4v) is 3.33. The Bertz CT molecular complexity index is 824. The van der Waals surface area contributed by atoms with Crippen molar-refractivity contribution in [3.8, 4) is 0 Å². The van der Waals surface area contributed by atoms with E-state index in [1.807, 2.05) is 30.3 Å². The van der Waals surface area contributed by atoms with E-state index in [1.54, 1.807) is 24.3 Å². The Morgan fingerprint density at radius 1 is 1.12 bits per heavy atom. The Kier molecular flexibility index (Phi) is 7.20. The van der Waals surface area contributed by atoms with Crippen molar-refractivity contribution in [1.29, 1.82) is 0 Å². The zero-order valence-corrected chi connectivity index (χ0v) is 16.4. The minimum Gasteiger partial charge on any atom is -0.354 e. The van der Waals surface area contributed by atoms with Gasteiger partial charge in [-0.3, -0.25) is 4.79 Å². The third-order valence-corrected chi connectivity index (χ3v) is 5.61. The van der Waals surface area contributed by atoms with E-state index in [1.165, 1.54) is 7.05 Å². The second kappa shape index (κ2) is 9.16. The molecule has 0 bridgehead atoms. The highest BCUT2D eigenvalue weighted by Gasteiger charge is 2.30. The summed E-state index contributed by atoms with van der Waals surface area (Å²) >= 11 is 5.86. The zero-order valence-electron chi connectivity index (χ0n) is 14.9. The van der Waals surface area contributed by atoms with Gasteiger partial charge in [0.15, 0.2) is 0 Å². The number of benzene rings is 2. The molecule has 1 atom stereocenters. The first-order chi connectivity index (χ1) is 12.3. The predicted octanol–water partition coefficient (Wildman–Crippen LogP) is 3.02. The van der Waals surface area contributed by atoms with Crippen molar-refractivity contribution in [3.63, 3.8) is 0 Å². The molecular formula is C19H23ClN2O3S. The first kappa shape index (κ1) is 20.4. The fraction of sp³-hybridized carbons (Fsp3) is 0.316. The maximum absolute atomic E-state index is 12.7. The van der Waals surface area contributed by atoms with Crippen LogP contribution in [0.25, 0.3) is 0 Å². The summed E-state index contributed by atoms with van der Waals surface area (Å²) in [4.78, 5) is 12.7. The van der Waals surface area contributed by atoms with Crippen molar-refractivity contribution < 1.29 is 13.2 Å². The number of aryl methyl sites for hydroxylation is 1. The molecule has 2 aromatic rings. The van der Waals surface area contributed by atoms with Crippen molar-refractivity contribution in [1.82, 2.24) is 9.62 Å². The van der Waals surface area contributed by atoms with Gasteiger partial charge in [-0.05, 0) is 36.1 Å². The van der Waals surface area contributed by atoms with Gasteiger partial charge in [-0.2, -0.15) is 4.31 Å². The second-order valence-electron chi connectivity index (χ2n) is 6.11. The van der Waals surface area contributed by atoms with E-state index in [0.717, 1.165) is 29.0 Å². The van der Waals surface area contributed by atoms with E-state index in [4.69, 9.17) is 11.6 Å². The molecule has 1 N–H and O–H groups in total. The van der Waals surface area contributed by atoms with Crippen molar-refractivity contribution in [3.05, 3.63) is 70.7 Å². The third kappa shape index (κ3) is 5.83. The SMILES string of the molecule is CN(C(C(=O)NCCCc1ccc(Cl)cc1)c1ccccc1)S(C)(=O)=O. The van der Waals surface area contributed by atoms with Crippen LogP contribution in [0, 0.1) is 0 Å². The molecule has 0 heterocycles. The fourth-order valence-electron chi connectivity index (χ4n) is 2.61. The number of hydrogen-bond donors (Lipinski definition) is 1. The summed E-state index contributed by atoms with van der Waals surface area (Å²) in [6, 6.07) is 15.6. The molecule has 2 aromatic carbocycles. The maximum Gasteiger partial charge on any atom is 0.242 e. The number of likely N-dealkylation sites (N-methyl/N-ethyl adjacent to an activating group) is 1. The number of nitrogens with zero attached hydrogens (tertiary/aromatic N) is 1. The van der Waals surface area contributed by atoms with Crippen molar-refractivity contribution in [2.45, 2.75) is 18.9 Å². The van der Waals surface area contributed by atoms with Crippen LogP contribution < -0.4 is 5.32 Å². The van der Waals surface area contributed by atoms with Crippen molar-refractivity contribution >= 4 is 27.5 Å². The highest BCUT2D eigenvalue weighted by Crippen LogP contribution is 2.22. The van der Waals surface area contributed by atoms with Crippen LogP contribution in [0.15, 0.2) is 54.6 Å². The van der Waals surface area contributed by atoms with Crippen molar-refractivity contribution in [2.75, 3.05) is 19.8 Å². The van der Waals surface area contributed by atoms with Gasteiger partial charge in [0.2, 0.25) is 15.9 Å². The lowest BCUT2D eigenvalue weighted by atomic mass is 10.1. The summed E-state index contributed by atoms with van der Waals surface area (Å²) in [5.74, 6) is -0.333. The summed E-state index contributed by atoms with van der Waals surface area (Å²) < 4.78 is 25.0. The number of sulfonamides is 1. The molecule has 0 spiro atoms. The van der Waals surface area contributed by atoms with Crippen LogP contribution in [0.4, 0.5) is 0 Å². The van der Waals surface area contributed by atoms with E-state index in [0.29, 0.717) is 17.1 Å². The van der Waals surface area contributed by atoms with Gasteiger partial charge < -0.3 is 5.32 Å². The van der Waals surface area contributed by atoms with Gasteiger partial charge in [0.05, 0.1) is 6.26 Å². The van der Waals surface area contributed by atoms with Gasteiger partial charge in [-0.1, -0.05) is 54.1 Å². The number of carbonyl (C=O) groups excluding carboxylic acids is 1. The molecule has 1 amide bonds. The van der Waals surface area contributed by atoms with Gasteiger partial charge in [-0.15, -0.1) is 0 Å².